The van der Waals surface area contributed by atoms with Crippen LogP contribution in [-0.2, 0) is 10.0 Å². The van der Waals surface area contributed by atoms with E-state index in [0.29, 0.717) is 6.54 Å². The summed E-state index contributed by atoms with van der Waals surface area (Å²) in [5.41, 5.74) is -0.891. The van der Waals surface area contributed by atoms with E-state index in [9.17, 15) is 13.2 Å². The lowest BCUT2D eigenvalue weighted by molar-refractivity contribution is 0.291. The molecule has 2 rings (SSSR count). The second-order valence-electron chi connectivity index (χ2n) is 5.01. The molecule has 0 amide bonds. The Balaban J connectivity index is 2.48. The highest BCUT2D eigenvalue weighted by Crippen LogP contribution is 2.33. The highest BCUT2D eigenvalue weighted by Gasteiger charge is 2.41. The van der Waals surface area contributed by atoms with Crippen molar-refractivity contribution >= 4 is 21.6 Å². The van der Waals surface area contributed by atoms with Crippen LogP contribution in [0.1, 0.15) is 26.7 Å². The average molecular weight is 291 g/mol. The van der Waals surface area contributed by atoms with Crippen molar-refractivity contribution in [3.8, 4) is 0 Å². The number of halogens is 1. The molecule has 0 unspecified atom stereocenters. The van der Waals surface area contributed by atoms with Gasteiger partial charge >= 0.3 is 0 Å². The number of nitrogens with zero attached hydrogens (tertiary/aromatic N) is 1. The Hall–Kier alpha value is -0.850. The SMILES string of the molecule is CC1(C)CCCN1S(=O)(=O)c1c[nH]c(=O)c(Cl)c1. The third-order valence-electron chi connectivity index (χ3n) is 3.24. The van der Waals surface area contributed by atoms with Gasteiger partial charge in [-0.05, 0) is 32.8 Å². The van der Waals surface area contributed by atoms with Crippen LogP contribution in [0.3, 0.4) is 0 Å². The van der Waals surface area contributed by atoms with Gasteiger partial charge in [-0.25, -0.2) is 8.42 Å². The summed E-state index contributed by atoms with van der Waals surface area (Å²) in [5.74, 6) is 0. The maximum Gasteiger partial charge on any atom is 0.266 e. The fourth-order valence-electron chi connectivity index (χ4n) is 2.24. The van der Waals surface area contributed by atoms with E-state index in [0.717, 1.165) is 12.8 Å². The fourth-order valence-corrected chi connectivity index (χ4v) is 4.32. The Morgan fingerprint density at radius 3 is 2.61 bits per heavy atom. The first-order chi connectivity index (χ1) is 8.25. The minimum Gasteiger partial charge on any atom is -0.326 e. The number of sulfonamides is 1. The number of rotatable bonds is 2. The molecule has 1 N–H and O–H groups in total. The van der Waals surface area contributed by atoms with Crippen LogP contribution in [-0.4, -0.2) is 29.8 Å². The summed E-state index contributed by atoms with van der Waals surface area (Å²) < 4.78 is 26.4. The lowest BCUT2D eigenvalue weighted by atomic mass is 10.0. The van der Waals surface area contributed by atoms with E-state index in [1.165, 1.54) is 16.6 Å². The highest BCUT2D eigenvalue weighted by atomic mass is 35.5. The summed E-state index contributed by atoms with van der Waals surface area (Å²) in [6.07, 6.45) is 2.85. The first kappa shape index (κ1) is 13.6. The number of nitrogens with one attached hydrogen (secondary N) is 1. The van der Waals surface area contributed by atoms with Crippen LogP contribution in [0.5, 0.6) is 0 Å². The summed E-state index contributed by atoms with van der Waals surface area (Å²) >= 11 is 5.67. The van der Waals surface area contributed by atoms with Crippen LogP contribution in [0.2, 0.25) is 5.02 Å². The van der Waals surface area contributed by atoms with Crippen molar-refractivity contribution < 1.29 is 8.42 Å². The molecule has 100 valence electrons. The van der Waals surface area contributed by atoms with Crippen molar-refractivity contribution in [2.75, 3.05) is 6.54 Å². The van der Waals surface area contributed by atoms with Gasteiger partial charge in [0.15, 0.2) is 0 Å². The third kappa shape index (κ3) is 2.20. The molecule has 5 nitrogen and oxygen atoms in total. The van der Waals surface area contributed by atoms with E-state index in [2.05, 4.69) is 4.98 Å². The molecule has 1 aliphatic heterocycles. The molecular formula is C11H15ClN2O3S. The Morgan fingerprint density at radius 2 is 2.11 bits per heavy atom. The molecule has 0 saturated carbocycles. The maximum atomic E-state index is 12.5. The van der Waals surface area contributed by atoms with Crippen molar-refractivity contribution in [2.45, 2.75) is 37.1 Å². The molecule has 7 heteroatoms. The minimum atomic E-state index is -3.61. The molecule has 0 radical (unpaired) electrons. The van der Waals surface area contributed by atoms with Gasteiger partial charge in [-0.2, -0.15) is 4.31 Å². The van der Waals surface area contributed by atoms with Gasteiger partial charge in [0.1, 0.15) is 5.02 Å². The van der Waals surface area contributed by atoms with Gasteiger partial charge in [0.05, 0.1) is 4.90 Å². The van der Waals surface area contributed by atoms with Crippen LogP contribution in [0.4, 0.5) is 0 Å². The molecular weight excluding hydrogens is 276 g/mol. The first-order valence-corrected chi connectivity index (χ1v) is 7.48. The Bertz CT molecular complexity index is 621. The molecule has 1 fully saturated rings. The summed E-state index contributed by atoms with van der Waals surface area (Å²) in [6.45, 7) is 4.28. The number of pyridine rings is 1. The van der Waals surface area contributed by atoms with E-state index in [1.807, 2.05) is 13.8 Å². The van der Waals surface area contributed by atoms with Gasteiger partial charge < -0.3 is 4.98 Å². The van der Waals surface area contributed by atoms with Gasteiger partial charge in [-0.1, -0.05) is 11.6 Å². The van der Waals surface area contributed by atoms with Gasteiger partial charge in [0.25, 0.3) is 5.56 Å². The predicted octanol–water partition coefficient (Wildman–Crippen LogP) is 1.59. The smallest absolute Gasteiger partial charge is 0.266 e. The van der Waals surface area contributed by atoms with Gasteiger partial charge in [0.2, 0.25) is 10.0 Å². The van der Waals surface area contributed by atoms with Crippen LogP contribution in [0.25, 0.3) is 0 Å². The molecule has 1 aliphatic rings. The molecule has 1 aromatic rings. The number of hydrogen-bond donors (Lipinski definition) is 1. The zero-order valence-electron chi connectivity index (χ0n) is 10.2. The predicted molar refractivity (Wildman–Crippen MR) is 69.3 cm³/mol. The number of aromatic nitrogens is 1. The number of aromatic amines is 1. The monoisotopic (exact) mass is 290 g/mol. The Kier molecular flexibility index (Phi) is 3.29. The van der Waals surface area contributed by atoms with E-state index in [4.69, 9.17) is 11.6 Å². The summed E-state index contributed by atoms with van der Waals surface area (Å²) in [4.78, 5) is 13.5. The van der Waals surface area contributed by atoms with Gasteiger partial charge in [0, 0.05) is 18.3 Å². The average Bonchev–Trinajstić information content (AvgIpc) is 2.62. The van der Waals surface area contributed by atoms with E-state index in [1.54, 1.807) is 0 Å². The van der Waals surface area contributed by atoms with Crippen molar-refractivity contribution in [3.63, 3.8) is 0 Å². The minimum absolute atomic E-state index is 0.0297. The molecule has 0 atom stereocenters. The van der Waals surface area contributed by atoms with Crippen molar-refractivity contribution in [1.29, 1.82) is 0 Å². The Labute approximate surface area is 111 Å². The van der Waals surface area contributed by atoms with E-state index in [-0.39, 0.29) is 9.92 Å². The molecule has 0 aromatic carbocycles. The largest absolute Gasteiger partial charge is 0.326 e. The summed E-state index contributed by atoms with van der Waals surface area (Å²) in [7, 11) is -3.61. The normalized spacial score (nSPS) is 20.2. The number of H-pyrrole nitrogens is 1. The van der Waals surface area contributed by atoms with Gasteiger partial charge in [-0.15, -0.1) is 0 Å². The van der Waals surface area contributed by atoms with Crippen molar-refractivity contribution in [2.24, 2.45) is 0 Å². The lowest BCUT2D eigenvalue weighted by Gasteiger charge is -2.30. The number of hydrogen-bond acceptors (Lipinski definition) is 3. The van der Waals surface area contributed by atoms with E-state index < -0.39 is 21.1 Å². The van der Waals surface area contributed by atoms with Crippen molar-refractivity contribution in [3.05, 3.63) is 27.6 Å². The Morgan fingerprint density at radius 1 is 1.44 bits per heavy atom. The quantitative estimate of drug-likeness (QED) is 0.899. The molecule has 1 saturated heterocycles. The van der Waals surface area contributed by atoms with Crippen molar-refractivity contribution in [1.82, 2.24) is 9.29 Å². The summed E-state index contributed by atoms with van der Waals surface area (Å²) in [6, 6.07) is 1.20. The van der Waals surface area contributed by atoms with Crippen LogP contribution < -0.4 is 5.56 Å². The van der Waals surface area contributed by atoms with Crippen LogP contribution in [0.15, 0.2) is 22.0 Å². The third-order valence-corrected chi connectivity index (χ3v) is 5.61. The second kappa shape index (κ2) is 4.36. The fraction of sp³-hybridized carbons (Fsp3) is 0.545. The molecule has 2 heterocycles. The molecule has 18 heavy (non-hydrogen) atoms. The molecule has 0 aliphatic carbocycles. The molecule has 0 spiro atoms. The maximum absolute atomic E-state index is 12.5. The van der Waals surface area contributed by atoms with Gasteiger partial charge in [-0.3, -0.25) is 4.79 Å². The first-order valence-electron chi connectivity index (χ1n) is 5.66. The van der Waals surface area contributed by atoms with E-state index >= 15 is 0 Å². The molecule has 0 bridgehead atoms. The van der Waals surface area contributed by atoms with Crippen LogP contribution in [0, 0.1) is 0 Å². The molecule has 1 aromatic heterocycles. The topological polar surface area (TPSA) is 70.2 Å². The standard InChI is InChI=1S/C11H15ClN2O3S/c1-11(2)4-3-5-14(11)18(16,17)8-6-9(12)10(15)13-7-8/h6-7H,3-5H2,1-2H3,(H,13,15). The zero-order valence-corrected chi connectivity index (χ0v) is 11.8. The van der Waals surface area contributed by atoms with Crippen LogP contribution >= 0.6 is 11.6 Å². The highest BCUT2D eigenvalue weighted by molar-refractivity contribution is 7.89. The second-order valence-corrected chi connectivity index (χ2v) is 7.28. The zero-order chi connectivity index (χ0) is 13.6. The summed E-state index contributed by atoms with van der Waals surface area (Å²) in [5, 5.41) is -0.118. The lowest BCUT2D eigenvalue weighted by Crippen LogP contribution is -2.42.